The number of hydrogen-bond donors (Lipinski definition) is 3. The van der Waals surface area contributed by atoms with E-state index in [9.17, 15) is 18.0 Å². The number of rotatable bonds is 6. The van der Waals surface area contributed by atoms with E-state index < -0.39 is 18.8 Å². The van der Waals surface area contributed by atoms with Gasteiger partial charge in [-0.25, -0.2) is 23.1 Å². The Hall–Kier alpha value is -3.63. The third-order valence-corrected chi connectivity index (χ3v) is 6.53. The highest BCUT2D eigenvalue weighted by atomic mass is 19.3. The molecule has 3 N–H and O–H groups in total. The van der Waals surface area contributed by atoms with Crippen LogP contribution in [-0.4, -0.2) is 48.9 Å². The van der Waals surface area contributed by atoms with Gasteiger partial charge in [0.2, 0.25) is 11.9 Å². The number of carbonyl (C=O) groups is 1. The molecule has 5 rings (SSSR count). The lowest BCUT2D eigenvalue weighted by Crippen LogP contribution is -2.39. The lowest BCUT2D eigenvalue weighted by Gasteiger charge is -2.29. The molecular formula is C24H26F3N7O. The second-order valence-corrected chi connectivity index (χ2v) is 9.04. The number of carbonyl (C=O) groups excluding carboxylic acids is 1. The van der Waals surface area contributed by atoms with E-state index in [1.165, 1.54) is 17.6 Å². The summed E-state index contributed by atoms with van der Waals surface area (Å²) in [5.74, 6) is 0.240. The summed E-state index contributed by atoms with van der Waals surface area (Å²) in [5, 5.41) is 7.02. The standard InChI is InChI=1S/C24H26F3N7O/c1-12-30-22-19(25)7-14(8-20(22)34(12)11-21(26)27)17-9-28-23-18(17)10-29-24(33-23)32-16-5-3-15(4-6-16)31-13(2)35/h7-10,15-16,21H,3-6,11H2,1-2H3,(H,31,35)(H2,28,29,32,33)/t15-,16-. The first-order valence-electron chi connectivity index (χ1n) is 11.6. The molecule has 0 bridgehead atoms. The molecular weight excluding hydrogens is 459 g/mol. The highest BCUT2D eigenvalue weighted by Gasteiger charge is 2.23. The van der Waals surface area contributed by atoms with E-state index in [-0.39, 0.29) is 23.5 Å². The third kappa shape index (κ3) is 4.67. The van der Waals surface area contributed by atoms with Gasteiger partial charge in [-0.2, -0.15) is 4.98 Å². The Morgan fingerprint density at radius 2 is 1.94 bits per heavy atom. The minimum Gasteiger partial charge on any atom is -0.354 e. The molecule has 0 unspecified atom stereocenters. The van der Waals surface area contributed by atoms with Crippen molar-refractivity contribution in [2.24, 2.45) is 0 Å². The molecule has 35 heavy (non-hydrogen) atoms. The van der Waals surface area contributed by atoms with Crippen molar-refractivity contribution < 1.29 is 18.0 Å². The zero-order chi connectivity index (χ0) is 24.7. The van der Waals surface area contributed by atoms with Gasteiger partial charge in [-0.15, -0.1) is 0 Å². The summed E-state index contributed by atoms with van der Waals surface area (Å²) in [5.41, 5.74) is 2.18. The number of nitrogens with one attached hydrogen (secondary N) is 3. The number of hydrogen-bond acceptors (Lipinski definition) is 5. The predicted octanol–water partition coefficient (Wildman–Crippen LogP) is 4.55. The SMILES string of the molecule is CC(=O)N[C@H]1CC[C@H](Nc2ncc3c(-c4cc(F)c5nc(C)n(CC(F)F)c5c4)c[nH]c3n2)CC1. The van der Waals surface area contributed by atoms with Gasteiger partial charge in [0.1, 0.15) is 17.0 Å². The van der Waals surface area contributed by atoms with Crippen molar-refractivity contribution >= 4 is 33.9 Å². The molecule has 0 saturated heterocycles. The number of aromatic amines is 1. The van der Waals surface area contributed by atoms with Crippen LogP contribution in [0.5, 0.6) is 0 Å². The first kappa shape index (κ1) is 23.1. The second kappa shape index (κ2) is 9.20. The number of aryl methyl sites for hydroxylation is 1. The van der Waals surface area contributed by atoms with Crippen LogP contribution in [0.25, 0.3) is 33.2 Å². The molecule has 0 atom stereocenters. The topological polar surface area (TPSA) is 101 Å². The maximum Gasteiger partial charge on any atom is 0.256 e. The number of H-pyrrole nitrogens is 1. The molecule has 3 heterocycles. The summed E-state index contributed by atoms with van der Waals surface area (Å²) in [7, 11) is 0. The third-order valence-electron chi connectivity index (χ3n) is 6.53. The van der Waals surface area contributed by atoms with E-state index in [0.29, 0.717) is 39.4 Å². The summed E-state index contributed by atoms with van der Waals surface area (Å²) in [4.78, 5) is 27.5. The first-order valence-corrected chi connectivity index (χ1v) is 11.6. The van der Waals surface area contributed by atoms with Crippen molar-refractivity contribution in [1.82, 2.24) is 29.8 Å². The Balaban J connectivity index is 1.39. The Bertz CT molecular complexity index is 1390. The van der Waals surface area contributed by atoms with E-state index in [0.717, 1.165) is 25.7 Å². The van der Waals surface area contributed by atoms with Gasteiger partial charge in [-0.05, 0) is 50.3 Å². The molecule has 11 heteroatoms. The van der Waals surface area contributed by atoms with E-state index in [2.05, 4.69) is 30.6 Å². The van der Waals surface area contributed by atoms with Crippen LogP contribution in [0, 0.1) is 12.7 Å². The molecule has 0 aliphatic heterocycles. The smallest absolute Gasteiger partial charge is 0.256 e. The summed E-state index contributed by atoms with van der Waals surface area (Å²) >= 11 is 0. The fourth-order valence-corrected chi connectivity index (χ4v) is 4.89. The van der Waals surface area contributed by atoms with E-state index >= 15 is 0 Å². The number of nitrogens with zero attached hydrogens (tertiary/aromatic N) is 4. The first-order chi connectivity index (χ1) is 16.8. The molecule has 4 aromatic rings. The Morgan fingerprint density at radius 1 is 1.20 bits per heavy atom. The monoisotopic (exact) mass is 485 g/mol. The van der Waals surface area contributed by atoms with Gasteiger partial charge >= 0.3 is 0 Å². The molecule has 1 saturated carbocycles. The molecule has 0 spiro atoms. The fraction of sp³-hybridized carbons (Fsp3) is 0.417. The van der Waals surface area contributed by atoms with Crippen molar-refractivity contribution in [1.29, 1.82) is 0 Å². The predicted molar refractivity (Wildman–Crippen MR) is 127 cm³/mol. The highest BCUT2D eigenvalue weighted by molar-refractivity contribution is 5.96. The van der Waals surface area contributed by atoms with Gasteiger partial charge < -0.3 is 20.2 Å². The van der Waals surface area contributed by atoms with Crippen molar-refractivity contribution in [2.45, 2.75) is 64.6 Å². The number of benzene rings is 1. The Labute approximate surface area is 199 Å². The lowest BCUT2D eigenvalue weighted by atomic mass is 9.91. The molecule has 184 valence electrons. The van der Waals surface area contributed by atoms with Crippen molar-refractivity contribution in [2.75, 3.05) is 5.32 Å². The van der Waals surface area contributed by atoms with Crippen LogP contribution in [0.15, 0.2) is 24.5 Å². The van der Waals surface area contributed by atoms with Crippen LogP contribution in [0.4, 0.5) is 19.1 Å². The zero-order valence-corrected chi connectivity index (χ0v) is 19.4. The van der Waals surface area contributed by atoms with Gasteiger partial charge in [0.25, 0.3) is 6.43 Å². The second-order valence-electron chi connectivity index (χ2n) is 9.04. The van der Waals surface area contributed by atoms with Crippen molar-refractivity contribution in [3.05, 3.63) is 36.2 Å². The van der Waals surface area contributed by atoms with Crippen LogP contribution in [0.1, 0.15) is 38.4 Å². The number of imidazole rings is 1. The molecule has 1 amide bonds. The molecule has 1 aliphatic carbocycles. The minimum atomic E-state index is -2.58. The number of aromatic nitrogens is 5. The average molecular weight is 486 g/mol. The van der Waals surface area contributed by atoms with Crippen LogP contribution < -0.4 is 10.6 Å². The maximum absolute atomic E-state index is 14.9. The number of halogens is 3. The van der Waals surface area contributed by atoms with Gasteiger partial charge in [0.05, 0.1) is 12.1 Å². The van der Waals surface area contributed by atoms with Gasteiger partial charge in [0, 0.05) is 42.4 Å². The molecule has 8 nitrogen and oxygen atoms in total. The van der Waals surface area contributed by atoms with Crippen LogP contribution in [-0.2, 0) is 11.3 Å². The fourth-order valence-electron chi connectivity index (χ4n) is 4.89. The largest absolute Gasteiger partial charge is 0.354 e. The highest BCUT2D eigenvalue weighted by Crippen LogP contribution is 2.32. The minimum absolute atomic E-state index is 0.00890. The quantitative estimate of drug-likeness (QED) is 0.372. The van der Waals surface area contributed by atoms with Gasteiger partial charge in [0.15, 0.2) is 5.82 Å². The molecule has 3 aromatic heterocycles. The Morgan fingerprint density at radius 3 is 2.66 bits per heavy atom. The zero-order valence-electron chi connectivity index (χ0n) is 19.4. The van der Waals surface area contributed by atoms with Crippen molar-refractivity contribution in [3.63, 3.8) is 0 Å². The summed E-state index contributed by atoms with van der Waals surface area (Å²) in [6, 6.07) is 3.44. The van der Waals surface area contributed by atoms with Gasteiger partial charge in [-0.1, -0.05) is 0 Å². The maximum atomic E-state index is 14.9. The molecule has 1 aromatic carbocycles. The normalized spacial score (nSPS) is 18.5. The van der Waals surface area contributed by atoms with Crippen LogP contribution in [0.3, 0.4) is 0 Å². The lowest BCUT2D eigenvalue weighted by molar-refractivity contribution is -0.119. The molecule has 1 aliphatic rings. The molecule has 0 radical (unpaired) electrons. The number of fused-ring (bicyclic) bond motifs is 2. The van der Waals surface area contributed by atoms with Crippen LogP contribution in [0.2, 0.25) is 0 Å². The van der Waals surface area contributed by atoms with Crippen LogP contribution >= 0.6 is 0 Å². The van der Waals surface area contributed by atoms with Gasteiger partial charge in [-0.3, -0.25) is 4.79 Å². The van der Waals surface area contributed by atoms with E-state index in [4.69, 9.17) is 0 Å². The van der Waals surface area contributed by atoms with Crippen molar-refractivity contribution in [3.8, 4) is 11.1 Å². The summed E-state index contributed by atoms with van der Waals surface area (Å²) in [6.07, 6.45) is 4.38. The molecule has 1 fully saturated rings. The number of anilines is 1. The average Bonchev–Trinajstić information content (AvgIpc) is 3.36. The van der Waals surface area contributed by atoms with E-state index in [1.807, 2.05) is 0 Å². The summed E-state index contributed by atoms with van der Waals surface area (Å²) in [6.45, 7) is 2.56. The Kier molecular flexibility index (Phi) is 6.08. The number of alkyl halides is 2. The number of amides is 1. The summed E-state index contributed by atoms with van der Waals surface area (Å²) < 4.78 is 42.3. The van der Waals surface area contributed by atoms with E-state index in [1.54, 1.807) is 25.4 Å².